The average molecular weight is 101 g/mol. The van der Waals surface area contributed by atoms with Crippen molar-refractivity contribution in [2.24, 2.45) is 10.8 Å². The van der Waals surface area contributed by atoms with E-state index in [0.29, 0.717) is 0 Å². The summed E-state index contributed by atoms with van der Waals surface area (Å²) in [6.45, 7) is -0.253. The largest absolute Gasteiger partial charge is 0.370 e. The molecule has 0 aromatic carbocycles. The van der Waals surface area contributed by atoms with Gasteiger partial charge in [-0.2, -0.15) is 0 Å². The maximum Gasteiger partial charge on any atom is 0.223 e. The van der Waals surface area contributed by atoms with Crippen LogP contribution in [0, 0.1) is 0 Å². The number of nitrogens with two attached hydrogens (primary N) is 1. The van der Waals surface area contributed by atoms with Crippen LogP contribution < -0.4 is 5.73 Å². The van der Waals surface area contributed by atoms with E-state index in [-0.39, 0.29) is 6.54 Å². The molecule has 0 saturated carbocycles. The number of hydrogen-bond acceptors (Lipinski definition) is 2. The lowest BCUT2D eigenvalue weighted by Gasteiger charge is -1.75. The number of hydrogen-bond donors (Lipinski definition) is 1. The molecule has 0 fully saturated rings. The van der Waals surface area contributed by atoms with Gasteiger partial charge in [0.15, 0.2) is 0 Å². The predicted molar refractivity (Wildman–Crippen MR) is 23.2 cm³/mol. The van der Waals surface area contributed by atoms with Gasteiger partial charge in [-0.05, 0) is 5.53 Å². The summed E-state index contributed by atoms with van der Waals surface area (Å²) in [5, 5.41) is 2.88. The van der Waals surface area contributed by atoms with Gasteiger partial charge in [-0.25, -0.2) is 0 Å². The Morgan fingerprint density at radius 3 is 2.71 bits per heavy atom. The molecule has 0 aromatic rings. The lowest BCUT2D eigenvalue weighted by Crippen LogP contribution is -2.13. The topological polar surface area (TPSA) is 91.8 Å². The summed E-state index contributed by atoms with van der Waals surface area (Å²) in [4.78, 5) is 12.0. The molecule has 0 radical (unpaired) electrons. The van der Waals surface area contributed by atoms with Crippen molar-refractivity contribution in [3.63, 3.8) is 0 Å². The van der Waals surface area contributed by atoms with Crippen molar-refractivity contribution >= 4 is 5.91 Å². The third kappa shape index (κ3) is 4.78. The van der Waals surface area contributed by atoms with Crippen molar-refractivity contribution in [2.45, 2.75) is 0 Å². The molecule has 38 valence electrons. The second kappa shape index (κ2) is 2.99. The van der Waals surface area contributed by atoms with Crippen molar-refractivity contribution in [2.75, 3.05) is 6.54 Å². The number of carbonyl (C=O) groups excluding carboxylic acids is 1. The molecule has 0 saturated heterocycles. The van der Waals surface area contributed by atoms with E-state index in [0.717, 1.165) is 0 Å². The van der Waals surface area contributed by atoms with Crippen LogP contribution >= 0.6 is 0 Å². The van der Waals surface area contributed by atoms with Crippen LogP contribution in [0.5, 0.6) is 0 Å². The maximum atomic E-state index is 9.72. The summed E-state index contributed by atoms with van der Waals surface area (Å²) in [7, 11) is 0. The van der Waals surface area contributed by atoms with Crippen molar-refractivity contribution in [3.8, 4) is 0 Å². The fourth-order valence-corrected chi connectivity index (χ4v) is 0.101. The summed E-state index contributed by atoms with van der Waals surface area (Å²) in [5.74, 6) is -0.613. The van der Waals surface area contributed by atoms with Crippen molar-refractivity contribution < 1.29 is 4.79 Å². The molecule has 0 aliphatic carbocycles. The molecule has 5 heteroatoms. The Morgan fingerprint density at radius 2 is 2.57 bits per heavy atom. The van der Waals surface area contributed by atoms with Crippen LogP contribution in [-0.4, -0.2) is 12.5 Å². The van der Waals surface area contributed by atoms with Crippen molar-refractivity contribution in [1.29, 1.82) is 0 Å². The molecule has 0 atom stereocenters. The van der Waals surface area contributed by atoms with Crippen molar-refractivity contribution in [1.82, 2.24) is 0 Å². The molecule has 1 amide bonds. The zero-order valence-corrected chi connectivity index (χ0v) is 3.53. The van der Waals surface area contributed by atoms with Gasteiger partial charge in [0.25, 0.3) is 0 Å². The SMILES string of the molecule is [N-]=[N+]=N[13CH2]C(N)=O. The second-order valence-electron chi connectivity index (χ2n) is 0.855. The van der Waals surface area contributed by atoms with Crippen molar-refractivity contribution in [3.05, 3.63) is 10.4 Å². The zero-order valence-electron chi connectivity index (χ0n) is 3.53. The van der Waals surface area contributed by atoms with Gasteiger partial charge in [-0.1, -0.05) is 5.11 Å². The first kappa shape index (κ1) is 5.78. The first-order valence-corrected chi connectivity index (χ1v) is 1.56. The molecule has 0 aliphatic rings. The smallest absolute Gasteiger partial charge is 0.223 e. The average Bonchev–Trinajstić information content (AvgIpc) is 1.61. The molecule has 0 spiro atoms. The van der Waals surface area contributed by atoms with E-state index in [4.69, 9.17) is 5.53 Å². The minimum absolute atomic E-state index is 0.253. The minimum Gasteiger partial charge on any atom is -0.370 e. The molecule has 0 rings (SSSR count). The zero-order chi connectivity index (χ0) is 5.70. The van der Waals surface area contributed by atoms with Gasteiger partial charge in [0.1, 0.15) is 6.54 Å². The van der Waals surface area contributed by atoms with Gasteiger partial charge >= 0.3 is 0 Å². The van der Waals surface area contributed by atoms with Crippen LogP contribution in [0.3, 0.4) is 0 Å². The second-order valence-corrected chi connectivity index (χ2v) is 0.855. The summed E-state index contributed by atoms with van der Waals surface area (Å²) < 4.78 is 0. The molecule has 0 heterocycles. The first-order chi connectivity index (χ1) is 3.27. The quantitative estimate of drug-likeness (QED) is 0.221. The van der Waals surface area contributed by atoms with E-state index in [1.807, 2.05) is 0 Å². The number of carbonyl (C=O) groups is 1. The number of primary amides is 1. The predicted octanol–water partition coefficient (Wildman–Crippen LogP) is -0.218. The number of amides is 1. The standard InChI is InChI=1S/C2H4N4O/c3-2(7)1-5-6-4/h1H2,(H2,3,7)/i1+1. The van der Waals surface area contributed by atoms with E-state index in [1.54, 1.807) is 0 Å². The van der Waals surface area contributed by atoms with Gasteiger partial charge in [-0.3, -0.25) is 4.79 Å². The Labute approximate surface area is 39.7 Å². The van der Waals surface area contributed by atoms with E-state index >= 15 is 0 Å². The Kier molecular flexibility index (Phi) is 2.47. The number of nitrogens with zero attached hydrogens (tertiary/aromatic N) is 3. The molecule has 2 N–H and O–H groups in total. The fourth-order valence-electron chi connectivity index (χ4n) is 0.101. The fraction of sp³-hybridized carbons (Fsp3) is 0.500. The lowest BCUT2D eigenvalue weighted by atomic mass is 11.0. The van der Waals surface area contributed by atoms with Crippen LogP contribution in [0.25, 0.3) is 10.4 Å². The monoisotopic (exact) mass is 101 g/mol. The molecule has 7 heavy (non-hydrogen) atoms. The first-order valence-electron chi connectivity index (χ1n) is 1.56. The van der Waals surface area contributed by atoms with Crippen LogP contribution in [0.2, 0.25) is 0 Å². The van der Waals surface area contributed by atoms with Crippen LogP contribution in [-0.2, 0) is 4.79 Å². The molecular weight excluding hydrogens is 97.0 g/mol. The van der Waals surface area contributed by atoms with Gasteiger partial charge < -0.3 is 5.73 Å². The molecule has 0 aromatic heterocycles. The van der Waals surface area contributed by atoms with E-state index in [9.17, 15) is 4.79 Å². The maximum absolute atomic E-state index is 9.72. The van der Waals surface area contributed by atoms with E-state index in [2.05, 4.69) is 15.8 Å². The molecule has 0 aliphatic heterocycles. The van der Waals surface area contributed by atoms with E-state index < -0.39 is 5.91 Å². The molecule has 0 unspecified atom stereocenters. The minimum atomic E-state index is -0.613. The highest BCUT2D eigenvalue weighted by Gasteiger charge is 1.83. The summed E-state index contributed by atoms with van der Waals surface area (Å²) in [6, 6.07) is 0. The van der Waals surface area contributed by atoms with Crippen LogP contribution in [0.1, 0.15) is 0 Å². The van der Waals surface area contributed by atoms with Gasteiger partial charge in [0.05, 0.1) is 0 Å². The Balaban J connectivity index is 3.32. The van der Waals surface area contributed by atoms with Gasteiger partial charge in [0.2, 0.25) is 5.91 Å². The highest BCUT2D eigenvalue weighted by atomic mass is 16.2. The molecule has 5 nitrogen and oxygen atoms in total. The van der Waals surface area contributed by atoms with E-state index in [1.165, 1.54) is 0 Å². The molecular formula is C2H4N4O. The van der Waals surface area contributed by atoms with Crippen LogP contribution in [0.4, 0.5) is 0 Å². The van der Waals surface area contributed by atoms with Gasteiger partial charge in [-0.15, -0.1) is 0 Å². The summed E-state index contributed by atoms with van der Waals surface area (Å²) in [6.07, 6.45) is 0. The summed E-state index contributed by atoms with van der Waals surface area (Å²) in [5.41, 5.74) is 12.1. The van der Waals surface area contributed by atoms with Gasteiger partial charge in [0, 0.05) is 4.91 Å². The highest BCUT2D eigenvalue weighted by Crippen LogP contribution is 1.64. The number of azide groups is 1. The Hall–Kier alpha value is -1.22. The summed E-state index contributed by atoms with van der Waals surface area (Å²) >= 11 is 0. The lowest BCUT2D eigenvalue weighted by molar-refractivity contribution is -0.116. The normalized spacial score (nSPS) is 6.86. The Bertz CT molecular complexity index is 113. The van der Waals surface area contributed by atoms with Crippen LogP contribution in [0.15, 0.2) is 5.11 Å². The number of rotatable bonds is 2. The third-order valence-corrected chi connectivity index (χ3v) is 0.290. The third-order valence-electron chi connectivity index (χ3n) is 0.290. The Morgan fingerprint density at radius 1 is 2.00 bits per heavy atom. The highest BCUT2D eigenvalue weighted by molar-refractivity contribution is 5.75. The molecule has 0 bridgehead atoms.